The lowest BCUT2D eigenvalue weighted by Crippen LogP contribution is -2.29. The summed E-state index contributed by atoms with van der Waals surface area (Å²) in [6.07, 6.45) is 0. The monoisotopic (exact) mass is 222 g/mol. The smallest absolute Gasteiger partial charge is 0.252 e. The molecule has 1 aromatic heterocycles. The fourth-order valence-electron chi connectivity index (χ4n) is 1.00. The molecule has 0 aromatic carbocycles. The molecule has 1 heterocycles. The molecule has 0 aliphatic carbocycles. The SMILES string of the molecule is CC(C)NC(=O)c1csc(C#CCN)c1. The molecular weight excluding hydrogens is 208 g/mol. The predicted octanol–water partition coefficient (Wildman–Crippen LogP) is 1.20. The minimum atomic E-state index is -0.0537. The van der Waals surface area contributed by atoms with E-state index in [9.17, 15) is 4.79 Å². The Bertz CT molecular complexity index is 398. The number of carbonyl (C=O) groups is 1. The molecular formula is C11H14N2OS. The second kappa shape index (κ2) is 5.54. The number of carbonyl (C=O) groups excluding carboxylic acids is 1. The van der Waals surface area contributed by atoms with Gasteiger partial charge in [-0.05, 0) is 19.9 Å². The molecule has 0 bridgehead atoms. The van der Waals surface area contributed by atoms with Crippen LogP contribution in [-0.4, -0.2) is 18.5 Å². The lowest BCUT2D eigenvalue weighted by molar-refractivity contribution is 0.0943. The zero-order chi connectivity index (χ0) is 11.3. The van der Waals surface area contributed by atoms with Crippen LogP contribution in [-0.2, 0) is 0 Å². The molecule has 0 unspecified atom stereocenters. The van der Waals surface area contributed by atoms with Gasteiger partial charge < -0.3 is 11.1 Å². The first-order valence-electron chi connectivity index (χ1n) is 4.72. The van der Waals surface area contributed by atoms with E-state index in [2.05, 4.69) is 17.2 Å². The maximum Gasteiger partial charge on any atom is 0.252 e. The molecule has 15 heavy (non-hydrogen) atoms. The van der Waals surface area contributed by atoms with Crippen molar-refractivity contribution in [3.63, 3.8) is 0 Å². The van der Waals surface area contributed by atoms with Gasteiger partial charge in [0.2, 0.25) is 0 Å². The first-order valence-corrected chi connectivity index (χ1v) is 5.59. The Labute approximate surface area is 93.7 Å². The van der Waals surface area contributed by atoms with Gasteiger partial charge in [-0.15, -0.1) is 11.3 Å². The van der Waals surface area contributed by atoms with Crippen molar-refractivity contribution in [3.05, 3.63) is 21.9 Å². The minimum Gasteiger partial charge on any atom is -0.350 e. The van der Waals surface area contributed by atoms with Crippen molar-refractivity contribution < 1.29 is 4.79 Å². The van der Waals surface area contributed by atoms with E-state index < -0.39 is 0 Å². The molecule has 0 atom stereocenters. The van der Waals surface area contributed by atoms with E-state index in [0.29, 0.717) is 12.1 Å². The van der Waals surface area contributed by atoms with Gasteiger partial charge in [-0.1, -0.05) is 11.8 Å². The van der Waals surface area contributed by atoms with Gasteiger partial charge in [0.25, 0.3) is 5.91 Å². The number of hydrogen-bond donors (Lipinski definition) is 2. The Morgan fingerprint density at radius 2 is 2.40 bits per heavy atom. The number of hydrogen-bond acceptors (Lipinski definition) is 3. The van der Waals surface area contributed by atoms with E-state index in [1.165, 1.54) is 11.3 Å². The third-order valence-electron chi connectivity index (χ3n) is 1.60. The minimum absolute atomic E-state index is 0.0537. The Morgan fingerprint density at radius 1 is 1.67 bits per heavy atom. The molecule has 3 N–H and O–H groups in total. The summed E-state index contributed by atoms with van der Waals surface area (Å²) in [5.74, 6) is 5.60. The van der Waals surface area contributed by atoms with Gasteiger partial charge in [-0.2, -0.15) is 0 Å². The summed E-state index contributed by atoms with van der Waals surface area (Å²) in [6, 6.07) is 1.93. The highest BCUT2D eigenvalue weighted by molar-refractivity contribution is 7.10. The van der Waals surface area contributed by atoms with Crippen LogP contribution in [0.25, 0.3) is 0 Å². The average molecular weight is 222 g/mol. The van der Waals surface area contributed by atoms with Crippen molar-refractivity contribution in [1.82, 2.24) is 5.32 Å². The zero-order valence-corrected chi connectivity index (χ0v) is 9.65. The highest BCUT2D eigenvalue weighted by atomic mass is 32.1. The Kier molecular flexibility index (Phi) is 4.35. The van der Waals surface area contributed by atoms with E-state index in [1.807, 2.05) is 13.8 Å². The van der Waals surface area contributed by atoms with Crippen LogP contribution in [0.4, 0.5) is 0 Å². The molecule has 0 aliphatic rings. The van der Waals surface area contributed by atoms with Crippen LogP contribution < -0.4 is 11.1 Å². The molecule has 80 valence electrons. The molecule has 4 heteroatoms. The fraction of sp³-hybridized carbons (Fsp3) is 0.364. The normalized spacial score (nSPS) is 9.60. The van der Waals surface area contributed by atoms with Crippen molar-refractivity contribution in [2.45, 2.75) is 19.9 Å². The van der Waals surface area contributed by atoms with Crippen molar-refractivity contribution in [2.75, 3.05) is 6.54 Å². The topological polar surface area (TPSA) is 55.1 Å². The summed E-state index contributed by atoms with van der Waals surface area (Å²) in [5.41, 5.74) is 5.92. The molecule has 0 spiro atoms. The van der Waals surface area contributed by atoms with Crippen LogP contribution in [0.3, 0.4) is 0 Å². The largest absolute Gasteiger partial charge is 0.350 e. The zero-order valence-electron chi connectivity index (χ0n) is 8.83. The maximum absolute atomic E-state index is 11.6. The summed E-state index contributed by atoms with van der Waals surface area (Å²) in [6.45, 7) is 4.20. The van der Waals surface area contributed by atoms with Crippen LogP contribution in [0.1, 0.15) is 29.1 Å². The lowest BCUT2D eigenvalue weighted by atomic mass is 10.2. The van der Waals surface area contributed by atoms with Gasteiger partial charge in [0.15, 0.2) is 0 Å². The number of nitrogens with two attached hydrogens (primary N) is 1. The maximum atomic E-state index is 11.6. The van der Waals surface area contributed by atoms with E-state index in [4.69, 9.17) is 5.73 Å². The number of rotatable bonds is 2. The van der Waals surface area contributed by atoms with Gasteiger partial charge in [0, 0.05) is 11.4 Å². The van der Waals surface area contributed by atoms with E-state index in [1.54, 1.807) is 11.4 Å². The Morgan fingerprint density at radius 3 is 3.00 bits per heavy atom. The highest BCUT2D eigenvalue weighted by Crippen LogP contribution is 2.13. The molecule has 0 saturated heterocycles. The molecule has 3 nitrogen and oxygen atoms in total. The van der Waals surface area contributed by atoms with Gasteiger partial charge in [0.1, 0.15) is 0 Å². The second-order valence-electron chi connectivity index (χ2n) is 3.33. The van der Waals surface area contributed by atoms with Crippen LogP contribution in [0.5, 0.6) is 0 Å². The quantitative estimate of drug-likeness (QED) is 0.739. The van der Waals surface area contributed by atoms with E-state index >= 15 is 0 Å². The van der Waals surface area contributed by atoms with Crippen LogP contribution in [0.15, 0.2) is 11.4 Å². The summed E-state index contributed by atoms with van der Waals surface area (Å²) < 4.78 is 0. The Hall–Kier alpha value is -1.31. The number of nitrogens with one attached hydrogen (secondary N) is 1. The first kappa shape index (κ1) is 11.8. The van der Waals surface area contributed by atoms with Crippen LogP contribution in [0.2, 0.25) is 0 Å². The summed E-state index contributed by atoms with van der Waals surface area (Å²) >= 11 is 1.45. The molecule has 0 radical (unpaired) electrons. The van der Waals surface area contributed by atoms with Gasteiger partial charge in [-0.25, -0.2) is 0 Å². The van der Waals surface area contributed by atoms with Crippen molar-refractivity contribution in [2.24, 2.45) is 5.73 Å². The standard InChI is InChI=1S/C11H14N2OS/c1-8(2)13-11(14)9-6-10(15-7-9)4-3-5-12/h6-8H,5,12H2,1-2H3,(H,13,14). The summed E-state index contributed by atoms with van der Waals surface area (Å²) in [5, 5.41) is 4.63. The van der Waals surface area contributed by atoms with E-state index in [0.717, 1.165) is 4.88 Å². The average Bonchev–Trinajstić information content (AvgIpc) is 2.62. The predicted molar refractivity (Wildman–Crippen MR) is 62.9 cm³/mol. The third-order valence-corrected chi connectivity index (χ3v) is 2.44. The van der Waals surface area contributed by atoms with Crippen molar-refractivity contribution in [1.29, 1.82) is 0 Å². The van der Waals surface area contributed by atoms with Gasteiger partial charge >= 0.3 is 0 Å². The lowest BCUT2D eigenvalue weighted by Gasteiger charge is -2.05. The van der Waals surface area contributed by atoms with Crippen LogP contribution in [0, 0.1) is 11.8 Å². The third kappa shape index (κ3) is 3.74. The highest BCUT2D eigenvalue weighted by Gasteiger charge is 2.08. The molecule has 0 fully saturated rings. The number of thiophene rings is 1. The summed E-state index contributed by atoms with van der Waals surface area (Å²) in [7, 11) is 0. The molecule has 1 rings (SSSR count). The molecule has 0 saturated carbocycles. The first-order chi connectivity index (χ1) is 7.13. The van der Waals surface area contributed by atoms with Gasteiger partial charge in [-0.3, -0.25) is 4.79 Å². The summed E-state index contributed by atoms with van der Waals surface area (Å²) in [4.78, 5) is 12.4. The molecule has 0 aliphatic heterocycles. The molecule has 1 amide bonds. The number of amides is 1. The van der Waals surface area contributed by atoms with Crippen LogP contribution >= 0.6 is 11.3 Å². The van der Waals surface area contributed by atoms with Crippen molar-refractivity contribution >= 4 is 17.2 Å². The van der Waals surface area contributed by atoms with E-state index in [-0.39, 0.29) is 11.9 Å². The molecule has 1 aromatic rings. The fourth-order valence-corrected chi connectivity index (χ4v) is 1.76. The van der Waals surface area contributed by atoms with Crippen molar-refractivity contribution in [3.8, 4) is 11.8 Å². The Balaban J connectivity index is 2.71. The van der Waals surface area contributed by atoms with Gasteiger partial charge in [0.05, 0.1) is 17.0 Å². The second-order valence-corrected chi connectivity index (χ2v) is 4.24.